The summed E-state index contributed by atoms with van der Waals surface area (Å²) in [5.74, 6) is 1.10. The van der Waals surface area contributed by atoms with Gasteiger partial charge in [-0.15, -0.1) is 0 Å². The fourth-order valence-corrected chi connectivity index (χ4v) is 3.08. The standard InChI is InChI=1S/C17H22N4/c1-14(11-18)12-21-16-8-4-3-7-15(16)19-17(21)13-20-9-5-2-6-10-20/h3-4,7-8,14H,2,5-6,9-10,12-13H2,1H3. The maximum absolute atomic E-state index is 9.12. The van der Waals surface area contributed by atoms with Gasteiger partial charge in [0.2, 0.25) is 0 Å². The molecule has 2 aromatic rings. The van der Waals surface area contributed by atoms with Crippen LogP contribution in [-0.2, 0) is 13.1 Å². The van der Waals surface area contributed by atoms with Gasteiger partial charge in [-0.2, -0.15) is 5.26 Å². The molecule has 1 aromatic heterocycles. The van der Waals surface area contributed by atoms with E-state index >= 15 is 0 Å². The lowest BCUT2D eigenvalue weighted by molar-refractivity contribution is 0.213. The summed E-state index contributed by atoms with van der Waals surface area (Å²) in [5.41, 5.74) is 2.18. The number of fused-ring (bicyclic) bond motifs is 1. The minimum atomic E-state index is 0.00251. The molecule has 1 aromatic carbocycles. The average Bonchev–Trinajstić information content (AvgIpc) is 2.86. The lowest BCUT2D eigenvalue weighted by Crippen LogP contribution is -2.30. The molecule has 1 fully saturated rings. The lowest BCUT2D eigenvalue weighted by Gasteiger charge is -2.26. The molecule has 0 amide bonds. The molecule has 1 aliphatic heterocycles. The third kappa shape index (κ3) is 3.08. The quantitative estimate of drug-likeness (QED) is 0.865. The summed E-state index contributed by atoms with van der Waals surface area (Å²) in [5, 5.41) is 9.12. The Morgan fingerprint density at radius 3 is 2.76 bits per heavy atom. The van der Waals surface area contributed by atoms with E-state index in [4.69, 9.17) is 10.2 Å². The van der Waals surface area contributed by atoms with Gasteiger partial charge in [-0.05, 0) is 45.0 Å². The van der Waals surface area contributed by atoms with Crippen LogP contribution in [0.2, 0.25) is 0 Å². The molecule has 1 atom stereocenters. The van der Waals surface area contributed by atoms with E-state index in [0.717, 1.165) is 43.0 Å². The van der Waals surface area contributed by atoms with E-state index < -0.39 is 0 Å². The fourth-order valence-electron chi connectivity index (χ4n) is 3.08. The highest BCUT2D eigenvalue weighted by Gasteiger charge is 2.17. The van der Waals surface area contributed by atoms with Crippen LogP contribution in [-0.4, -0.2) is 27.5 Å². The first-order chi connectivity index (χ1) is 10.3. The molecular formula is C17H22N4. The Morgan fingerprint density at radius 2 is 2.00 bits per heavy atom. The van der Waals surface area contributed by atoms with E-state index in [9.17, 15) is 0 Å². The van der Waals surface area contributed by atoms with Crippen molar-refractivity contribution in [1.82, 2.24) is 14.5 Å². The smallest absolute Gasteiger partial charge is 0.124 e. The molecule has 3 rings (SSSR count). The van der Waals surface area contributed by atoms with Crippen molar-refractivity contribution in [2.75, 3.05) is 13.1 Å². The number of imidazole rings is 1. The predicted molar refractivity (Wildman–Crippen MR) is 83.6 cm³/mol. The van der Waals surface area contributed by atoms with E-state index in [-0.39, 0.29) is 5.92 Å². The minimum absolute atomic E-state index is 0.00251. The third-order valence-electron chi connectivity index (χ3n) is 4.22. The molecule has 21 heavy (non-hydrogen) atoms. The van der Waals surface area contributed by atoms with Crippen LogP contribution in [0.1, 0.15) is 32.0 Å². The molecule has 0 aliphatic carbocycles. The van der Waals surface area contributed by atoms with E-state index in [1.165, 1.54) is 19.3 Å². The molecule has 0 N–H and O–H groups in total. The SMILES string of the molecule is CC(C#N)Cn1c(CN2CCCCC2)nc2ccccc21. The number of hydrogen-bond donors (Lipinski definition) is 0. The van der Waals surface area contributed by atoms with Gasteiger partial charge in [0.15, 0.2) is 0 Å². The molecule has 110 valence electrons. The van der Waals surface area contributed by atoms with Crippen LogP contribution in [0.15, 0.2) is 24.3 Å². The second-order valence-electron chi connectivity index (χ2n) is 5.99. The molecule has 1 saturated heterocycles. The number of rotatable bonds is 4. The predicted octanol–water partition coefficient (Wildman–Crippen LogP) is 3.18. The topological polar surface area (TPSA) is 44.9 Å². The van der Waals surface area contributed by atoms with Crippen molar-refractivity contribution in [2.45, 2.75) is 39.3 Å². The molecule has 1 aliphatic rings. The molecule has 0 saturated carbocycles. The molecule has 1 unspecified atom stereocenters. The van der Waals surface area contributed by atoms with Crippen molar-refractivity contribution in [3.63, 3.8) is 0 Å². The molecule has 0 radical (unpaired) electrons. The Labute approximate surface area is 126 Å². The van der Waals surface area contributed by atoms with E-state index in [0.29, 0.717) is 0 Å². The number of piperidine rings is 1. The summed E-state index contributed by atoms with van der Waals surface area (Å²) in [7, 11) is 0. The number of likely N-dealkylation sites (tertiary alicyclic amines) is 1. The number of nitriles is 1. The van der Waals surface area contributed by atoms with E-state index in [1.807, 2.05) is 19.1 Å². The number of nitrogens with zero attached hydrogens (tertiary/aromatic N) is 4. The summed E-state index contributed by atoms with van der Waals surface area (Å²) in [4.78, 5) is 7.29. The van der Waals surface area contributed by atoms with E-state index in [1.54, 1.807) is 0 Å². The van der Waals surface area contributed by atoms with Crippen LogP contribution in [0, 0.1) is 17.2 Å². The zero-order valence-electron chi connectivity index (χ0n) is 12.6. The number of aromatic nitrogens is 2. The monoisotopic (exact) mass is 282 g/mol. The van der Waals surface area contributed by atoms with Gasteiger partial charge in [-0.25, -0.2) is 4.98 Å². The van der Waals surface area contributed by atoms with Gasteiger partial charge in [-0.3, -0.25) is 4.90 Å². The minimum Gasteiger partial charge on any atom is -0.326 e. The van der Waals surface area contributed by atoms with E-state index in [2.05, 4.69) is 27.7 Å². The lowest BCUT2D eigenvalue weighted by atomic mass is 10.1. The Hall–Kier alpha value is -1.86. The molecule has 4 heteroatoms. The van der Waals surface area contributed by atoms with Crippen LogP contribution in [0.25, 0.3) is 11.0 Å². The molecule has 0 bridgehead atoms. The van der Waals surface area contributed by atoms with Crippen LogP contribution in [0.5, 0.6) is 0 Å². The Kier molecular flexibility index (Phi) is 4.21. The largest absolute Gasteiger partial charge is 0.326 e. The van der Waals surface area contributed by atoms with Crippen LogP contribution < -0.4 is 0 Å². The van der Waals surface area contributed by atoms with Crippen molar-refractivity contribution in [3.05, 3.63) is 30.1 Å². The van der Waals surface area contributed by atoms with Gasteiger partial charge in [0.1, 0.15) is 5.82 Å². The van der Waals surface area contributed by atoms with Crippen LogP contribution >= 0.6 is 0 Å². The van der Waals surface area contributed by atoms with Gasteiger partial charge in [0.05, 0.1) is 29.6 Å². The van der Waals surface area contributed by atoms with Crippen LogP contribution in [0.4, 0.5) is 0 Å². The van der Waals surface area contributed by atoms with Gasteiger partial charge < -0.3 is 4.57 Å². The number of para-hydroxylation sites is 2. The Morgan fingerprint density at radius 1 is 1.24 bits per heavy atom. The van der Waals surface area contributed by atoms with Crippen molar-refractivity contribution in [2.24, 2.45) is 5.92 Å². The highest BCUT2D eigenvalue weighted by Crippen LogP contribution is 2.20. The highest BCUT2D eigenvalue weighted by atomic mass is 15.2. The normalized spacial score (nSPS) is 17.7. The molecular weight excluding hydrogens is 260 g/mol. The second-order valence-corrected chi connectivity index (χ2v) is 5.99. The third-order valence-corrected chi connectivity index (χ3v) is 4.22. The highest BCUT2D eigenvalue weighted by molar-refractivity contribution is 5.75. The van der Waals surface area contributed by atoms with Crippen molar-refractivity contribution < 1.29 is 0 Å². The maximum atomic E-state index is 9.12. The van der Waals surface area contributed by atoms with Gasteiger partial charge >= 0.3 is 0 Å². The van der Waals surface area contributed by atoms with Crippen molar-refractivity contribution in [3.8, 4) is 6.07 Å². The molecule has 2 heterocycles. The first kappa shape index (κ1) is 14.1. The number of hydrogen-bond acceptors (Lipinski definition) is 3. The maximum Gasteiger partial charge on any atom is 0.124 e. The fraction of sp³-hybridized carbons (Fsp3) is 0.529. The summed E-state index contributed by atoms with van der Waals surface area (Å²) >= 11 is 0. The average molecular weight is 282 g/mol. The summed E-state index contributed by atoms with van der Waals surface area (Å²) in [6.07, 6.45) is 3.92. The van der Waals surface area contributed by atoms with Crippen LogP contribution in [0.3, 0.4) is 0 Å². The first-order valence-corrected chi connectivity index (χ1v) is 7.84. The summed E-state index contributed by atoms with van der Waals surface area (Å²) in [6.45, 7) is 5.92. The zero-order chi connectivity index (χ0) is 14.7. The molecule has 0 spiro atoms. The molecule has 4 nitrogen and oxygen atoms in total. The summed E-state index contributed by atoms with van der Waals surface area (Å²) in [6, 6.07) is 10.6. The number of benzene rings is 1. The van der Waals surface area contributed by atoms with Gasteiger partial charge in [0.25, 0.3) is 0 Å². The van der Waals surface area contributed by atoms with Gasteiger partial charge in [0, 0.05) is 6.54 Å². The van der Waals surface area contributed by atoms with Gasteiger partial charge in [-0.1, -0.05) is 18.6 Å². The Bertz CT molecular complexity index is 646. The summed E-state index contributed by atoms with van der Waals surface area (Å²) < 4.78 is 2.23. The van der Waals surface area contributed by atoms with Crippen molar-refractivity contribution >= 4 is 11.0 Å². The Balaban J connectivity index is 1.92. The first-order valence-electron chi connectivity index (χ1n) is 7.84. The zero-order valence-corrected chi connectivity index (χ0v) is 12.6. The van der Waals surface area contributed by atoms with Crippen molar-refractivity contribution in [1.29, 1.82) is 5.26 Å². The second kappa shape index (κ2) is 6.28.